The normalized spacial score (nSPS) is 20.1. The van der Waals surface area contributed by atoms with Gasteiger partial charge < -0.3 is 19.1 Å². The third-order valence-electron chi connectivity index (χ3n) is 2.57. The predicted octanol–water partition coefficient (Wildman–Crippen LogP) is -2.86. The minimum Gasteiger partial charge on any atom is -0.746 e. The smallest absolute Gasteiger partial charge is 0.746 e. The predicted molar refractivity (Wildman–Crippen MR) is 49.6 cm³/mol. The molecule has 1 aliphatic carbocycles. The van der Waals surface area contributed by atoms with E-state index in [4.69, 9.17) is 9.84 Å². The first-order valence-corrected chi connectivity index (χ1v) is 6.21. The molecule has 0 atom stereocenters. The van der Waals surface area contributed by atoms with E-state index < -0.39 is 21.8 Å². The van der Waals surface area contributed by atoms with Crippen LogP contribution in [-0.2, 0) is 19.6 Å². The summed E-state index contributed by atoms with van der Waals surface area (Å²) in [5, 5.41) is 8.35. The van der Waals surface area contributed by atoms with Gasteiger partial charge in [-0.15, -0.1) is 0 Å². The van der Waals surface area contributed by atoms with Gasteiger partial charge in [0.25, 0.3) is 0 Å². The second-order valence-electron chi connectivity index (χ2n) is 3.52. The van der Waals surface area contributed by atoms with Crippen molar-refractivity contribution in [2.75, 3.05) is 13.6 Å². The summed E-state index contributed by atoms with van der Waals surface area (Å²) in [6, 6.07) is 0. The minimum absolute atomic E-state index is 0. The van der Waals surface area contributed by atoms with Crippen molar-refractivity contribution >= 4 is 10.1 Å². The molecule has 0 aromatic heterocycles. The van der Waals surface area contributed by atoms with Crippen LogP contribution in [0.25, 0.3) is 0 Å². The Morgan fingerprint density at radius 2 is 1.81 bits per heavy atom. The monoisotopic (exact) mass is 262 g/mol. The molecule has 1 saturated carbocycles. The van der Waals surface area contributed by atoms with Gasteiger partial charge in [-0.3, -0.25) is 0 Å². The van der Waals surface area contributed by atoms with Gasteiger partial charge in [-0.2, -0.15) is 0 Å². The van der Waals surface area contributed by atoms with Crippen LogP contribution in [0.5, 0.6) is 0 Å². The zero-order valence-corrected chi connectivity index (χ0v) is 12.2. The van der Waals surface area contributed by atoms with E-state index in [2.05, 4.69) is 4.74 Å². The molecular weight excluding hydrogens is 247 g/mol. The summed E-state index contributed by atoms with van der Waals surface area (Å²) < 4.78 is 42.8. The molecule has 1 rings (SSSR count). The molecule has 0 radical (unpaired) electrons. The van der Waals surface area contributed by atoms with E-state index in [0.29, 0.717) is 12.8 Å². The number of aliphatic hydroxyl groups is 1. The van der Waals surface area contributed by atoms with Crippen molar-refractivity contribution in [1.82, 2.24) is 0 Å². The first-order valence-electron chi connectivity index (χ1n) is 4.80. The van der Waals surface area contributed by atoms with Crippen molar-refractivity contribution < 1.29 is 57.1 Å². The van der Waals surface area contributed by atoms with Crippen LogP contribution in [0.4, 0.5) is 0 Å². The van der Waals surface area contributed by atoms with E-state index in [1.165, 1.54) is 0 Å². The van der Waals surface area contributed by atoms with E-state index in [1.807, 2.05) is 0 Å². The fourth-order valence-corrected chi connectivity index (χ4v) is 2.72. The average Bonchev–Trinajstić information content (AvgIpc) is 2.18. The van der Waals surface area contributed by atoms with Gasteiger partial charge >= 0.3 is 29.6 Å². The molecule has 0 aromatic rings. The number of ether oxygens (including phenoxy) is 2. The Hall–Kier alpha value is 0.790. The SMILES string of the molecule is O=S(=O)([O-])C1(OCOCO)CCCCC1.[Na+]. The van der Waals surface area contributed by atoms with Crippen LogP contribution in [0, 0.1) is 0 Å². The second kappa shape index (κ2) is 7.27. The fourth-order valence-electron chi connectivity index (χ4n) is 1.74. The fraction of sp³-hybridized carbons (Fsp3) is 1.00. The molecule has 0 aliphatic heterocycles. The van der Waals surface area contributed by atoms with Crippen LogP contribution in [0.3, 0.4) is 0 Å². The standard InChI is InChI=1S/C8H16O6S.Na/c9-6-13-7-14-8(15(10,11)12)4-2-1-3-5-8;/h9H,1-7H2,(H,10,11,12);/q;+1/p-1. The van der Waals surface area contributed by atoms with E-state index in [1.54, 1.807) is 0 Å². The molecule has 0 unspecified atom stereocenters. The molecule has 0 bridgehead atoms. The van der Waals surface area contributed by atoms with Gasteiger partial charge in [0.15, 0.2) is 11.7 Å². The first kappa shape index (κ1) is 16.8. The largest absolute Gasteiger partial charge is 1.00 e. The third kappa shape index (κ3) is 4.23. The molecule has 0 heterocycles. The average molecular weight is 262 g/mol. The number of hydrogen-bond acceptors (Lipinski definition) is 6. The van der Waals surface area contributed by atoms with E-state index in [0.717, 1.165) is 6.42 Å². The maximum absolute atomic E-state index is 11.1. The van der Waals surface area contributed by atoms with Crippen LogP contribution in [0.2, 0.25) is 0 Å². The van der Waals surface area contributed by atoms with Gasteiger partial charge in [0.2, 0.25) is 0 Å². The molecule has 0 spiro atoms. The molecule has 8 heteroatoms. The summed E-state index contributed by atoms with van der Waals surface area (Å²) in [5.74, 6) is 0. The summed E-state index contributed by atoms with van der Waals surface area (Å²) in [4.78, 5) is -1.65. The van der Waals surface area contributed by atoms with Crippen LogP contribution >= 0.6 is 0 Å². The summed E-state index contributed by atoms with van der Waals surface area (Å²) in [6.45, 7) is -0.938. The minimum atomic E-state index is -4.50. The molecule has 90 valence electrons. The van der Waals surface area contributed by atoms with Crippen LogP contribution in [0.1, 0.15) is 32.1 Å². The third-order valence-corrected chi connectivity index (χ3v) is 4.00. The van der Waals surface area contributed by atoms with Crippen LogP contribution in [-0.4, -0.2) is 36.6 Å². The van der Waals surface area contributed by atoms with Crippen molar-refractivity contribution in [1.29, 1.82) is 0 Å². The van der Waals surface area contributed by atoms with Crippen molar-refractivity contribution in [2.24, 2.45) is 0 Å². The Labute approximate surface area is 117 Å². The Morgan fingerprint density at radius 3 is 2.25 bits per heavy atom. The maximum atomic E-state index is 11.1. The zero-order valence-electron chi connectivity index (χ0n) is 9.35. The molecule has 1 N–H and O–H groups in total. The molecule has 1 fully saturated rings. The number of rotatable bonds is 5. The number of aliphatic hydroxyl groups excluding tert-OH is 1. The van der Waals surface area contributed by atoms with E-state index >= 15 is 0 Å². The Balaban J connectivity index is 0.00000225. The molecule has 0 aromatic carbocycles. The summed E-state index contributed by atoms with van der Waals surface area (Å²) in [6.07, 6.45) is 2.62. The molecular formula is C8H15NaO6S. The molecule has 1 aliphatic rings. The van der Waals surface area contributed by atoms with E-state index in [9.17, 15) is 13.0 Å². The van der Waals surface area contributed by atoms with Crippen molar-refractivity contribution in [3.05, 3.63) is 0 Å². The van der Waals surface area contributed by atoms with Gasteiger partial charge in [-0.1, -0.05) is 6.42 Å². The van der Waals surface area contributed by atoms with E-state index in [-0.39, 0.29) is 49.2 Å². The summed E-state index contributed by atoms with van der Waals surface area (Å²) in [5.41, 5.74) is 0. The van der Waals surface area contributed by atoms with Gasteiger partial charge in [-0.25, -0.2) is 8.42 Å². The number of hydrogen-bond donors (Lipinski definition) is 1. The Morgan fingerprint density at radius 1 is 1.25 bits per heavy atom. The van der Waals surface area contributed by atoms with Gasteiger partial charge in [-0.05, 0) is 25.7 Å². The topological polar surface area (TPSA) is 95.9 Å². The van der Waals surface area contributed by atoms with Gasteiger partial charge in [0, 0.05) is 0 Å². The quantitative estimate of drug-likeness (QED) is 0.248. The summed E-state index contributed by atoms with van der Waals surface area (Å²) in [7, 11) is -4.50. The van der Waals surface area contributed by atoms with Crippen LogP contribution in [0.15, 0.2) is 0 Å². The van der Waals surface area contributed by atoms with Crippen molar-refractivity contribution in [3.8, 4) is 0 Å². The second-order valence-corrected chi connectivity index (χ2v) is 5.17. The molecule has 0 saturated heterocycles. The van der Waals surface area contributed by atoms with Crippen LogP contribution < -0.4 is 29.6 Å². The Kier molecular flexibility index (Phi) is 7.63. The maximum Gasteiger partial charge on any atom is 1.00 e. The van der Waals surface area contributed by atoms with Gasteiger partial charge in [0.1, 0.15) is 16.9 Å². The molecule has 6 nitrogen and oxygen atoms in total. The van der Waals surface area contributed by atoms with Crippen molar-refractivity contribution in [3.63, 3.8) is 0 Å². The summed E-state index contributed by atoms with van der Waals surface area (Å²) >= 11 is 0. The Bertz CT molecular complexity index is 285. The van der Waals surface area contributed by atoms with Gasteiger partial charge in [0.05, 0.1) is 0 Å². The zero-order chi connectivity index (χ0) is 11.4. The molecule has 0 amide bonds. The van der Waals surface area contributed by atoms with Crippen molar-refractivity contribution in [2.45, 2.75) is 37.0 Å². The first-order chi connectivity index (χ1) is 7.02. The molecule has 16 heavy (non-hydrogen) atoms.